The van der Waals surface area contributed by atoms with Crippen LogP contribution in [0, 0.1) is 0 Å². The normalized spacial score (nSPS) is 11.9. The van der Waals surface area contributed by atoms with E-state index in [0.717, 1.165) is 4.31 Å². The van der Waals surface area contributed by atoms with Crippen molar-refractivity contribution in [1.82, 2.24) is 10.2 Å². The van der Waals surface area contributed by atoms with E-state index in [-0.39, 0.29) is 23.0 Å². The van der Waals surface area contributed by atoms with E-state index in [1.807, 2.05) is 0 Å². The van der Waals surface area contributed by atoms with Crippen LogP contribution in [0.2, 0.25) is 5.02 Å². The van der Waals surface area contributed by atoms with E-state index in [1.54, 1.807) is 73.7 Å². The van der Waals surface area contributed by atoms with Crippen LogP contribution < -0.4 is 14.4 Å². The molecule has 0 fully saturated rings. The van der Waals surface area contributed by atoms with Gasteiger partial charge in [0.1, 0.15) is 18.3 Å². The summed E-state index contributed by atoms with van der Waals surface area (Å²) in [5.74, 6) is -0.397. The van der Waals surface area contributed by atoms with Crippen molar-refractivity contribution in [2.24, 2.45) is 0 Å². The highest BCUT2D eigenvalue weighted by Crippen LogP contribution is 2.26. The monoisotopic (exact) mass is 529 g/mol. The highest BCUT2D eigenvalue weighted by molar-refractivity contribution is 7.92. The number of carbonyl (C=O) groups excluding carboxylic acids is 2. The number of nitrogens with zero attached hydrogens (tertiary/aromatic N) is 2. The first kappa shape index (κ1) is 27.0. The minimum Gasteiger partial charge on any atom is -0.497 e. The molecule has 0 heterocycles. The lowest BCUT2D eigenvalue weighted by Gasteiger charge is -2.31. The van der Waals surface area contributed by atoms with Crippen molar-refractivity contribution < 1.29 is 22.7 Å². The standard InChI is InChI=1S/C26H28ClN3O5S/c1-19(26(32)28-2)29(17-20-8-7-9-21(27)16-20)25(31)18-30(22-12-14-23(35-3)15-13-22)36(33,34)24-10-5-4-6-11-24/h4-16,19H,17-18H2,1-3H3,(H,28,32)/t19-/m0/s1. The molecule has 1 N–H and O–H groups in total. The number of methoxy groups -OCH3 is 1. The topological polar surface area (TPSA) is 96.0 Å². The van der Waals surface area contributed by atoms with Crippen molar-refractivity contribution in [3.63, 3.8) is 0 Å². The molecule has 0 saturated heterocycles. The summed E-state index contributed by atoms with van der Waals surface area (Å²) in [5.41, 5.74) is 0.983. The third kappa shape index (κ3) is 6.35. The number of sulfonamides is 1. The molecule has 0 aliphatic carbocycles. The second kappa shape index (κ2) is 11.9. The number of halogens is 1. The molecule has 3 aromatic carbocycles. The molecule has 190 valence electrons. The number of nitrogens with one attached hydrogen (secondary N) is 1. The van der Waals surface area contributed by atoms with E-state index in [9.17, 15) is 18.0 Å². The van der Waals surface area contributed by atoms with Crippen LogP contribution >= 0.6 is 11.6 Å². The zero-order chi connectivity index (χ0) is 26.3. The largest absolute Gasteiger partial charge is 0.497 e. The fraction of sp³-hybridized carbons (Fsp3) is 0.231. The van der Waals surface area contributed by atoms with E-state index in [2.05, 4.69) is 5.32 Å². The van der Waals surface area contributed by atoms with Gasteiger partial charge in [-0.15, -0.1) is 0 Å². The van der Waals surface area contributed by atoms with Crippen LogP contribution in [0.5, 0.6) is 5.75 Å². The second-order valence-electron chi connectivity index (χ2n) is 7.96. The Morgan fingerprint density at radius 3 is 2.25 bits per heavy atom. The lowest BCUT2D eigenvalue weighted by molar-refractivity contribution is -0.139. The first-order valence-electron chi connectivity index (χ1n) is 11.1. The number of anilines is 1. The average molecular weight is 530 g/mol. The molecule has 0 radical (unpaired) electrons. The van der Waals surface area contributed by atoms with Gasteiger partial charge in [0.15, 0.2) is 0 Å². The van der Waals surface area contributed by atoms with E-state index in [1.165, 1.54) is 31.2 Å². The number of carbonyl (C=O) groups is 2. The lowest BCUT2D eigenvalue weighted by atomic mass is 10.1. The molecule has 8 nitrogen and oxygen atoms in total. The van der Waals surface area contributed by atoms with Crippen molar-refractivity contribution in [2.75, 3.05) is 25.0 Å². The fourth-order valence-electron chi connectivity index (χ4n) is 3.62. The first-order valence-corrected chi connectivity index (χ1v) is 13.0. The number of ether oxygens (including phenoxy) is 1. The van der Waals surface area contributed by atoms with Crippen LogP contribution in [0.1, 0.15) is 12.5 Å². The van der Waals surface area contributed by atoms with Crippen molar-refractivity contribution in [1.29, 1.82) is 0 Å². The maximum atomic E-state index is 13.7. The number of hydrogen-bond donors (Lipinski definition) is 1. The number of hydrogen-bond acceptors (Lipinski definition) is 5. The predicted molar refractivity (Wildman–Crippen MR) is 139 cm³/mol. The molecule has 1 atom stereocenters. The molecule has 0 bridgehead atoms. The van der Waals surface area contributed by atoms with Gasteiger partial charge in [-0.1, -0.05) is 41.9 Å². The number of rotatable bonds is 10. The van der Waals surface area contributed by atoms with Crippen molar-refractivity contribution in [2.45, 2.75) is 24.4 Å². The molecule has 3 aromatic rings. The summed E-state index contributed by atoms with van der Waals surface area (Å²) in [4.78, 5) is 27.5. The summed E-state index contributed by atoms with van der Waals surface area (Å²) < 4.78 is 33.5. The SMILES string of the molecule is CNC(=O)[C@H](C)N(Cc1cccc(Cl)c1)C(=O)CN(c1ccc(OC)cc1)S(=O)(=O)c1ccccc1. The Bertz CT molecular complexity index is 1300. The predicted octanol–water partition coefficient (Wildman–Crippen LogP) is 3.71. The van der Waals surface area contributed by atoms with Crippen LogP contribution in [-0.2, 0) is 26.2 Å². The number of likely N-dealkylation sites (N-methyl/N-ethyl adjacent to an activating group) is 1. The van der Waals surface area contributed by atoms with Crippen molar-refractivity contribution in [3.8, 4) is 5.75 Å². The minimum atomic E-state index is -4.11. The van der Waals surface area contributed by atoms with Gasteiger partial charge in [0, 0.05) is 18.6 Å². The quantitative estimate of drug-likeness (QED) is 0.432. The molecule has 10 heteroatoms. The van der Waals surface area contributed by atoms with Gasteiger partial charge in [-0.25, -0.2) is 8.42 Å². The van der Waals surface area contributed by atoms with Gasteiger partial charge >= 0.3 is 0 Å². The maximum Gasteiger partial charge on any atom is 0.264 e. The molecule has 0 aliphatic rings. The molecule has 0 aromatic heterocycles. The van der Waals surface area contributed by atoms with Gasteiger partial charge < -0.3 is 15.0 Å². The third-order valence-corrected chi connectivity index (χ3v) is 7.65. The van der Waals surface area contributed by atoms with E-state index >= 15 is 0 Å². The smallest absolute Gasteiger partial charge is 0.264 e. The van der Waals surface area contributed by atoms with Crippen LogP contribution in [-0.4, -0.2) is 51.9 Å². The molecule has 0 aliphatic heterocycles. The zero-order valence-electron chi connectivity index (χ0n) is 20.2. The Hall–Kier alpha value is -3.56. The van der Waals surface area contributed by atoms with Gasteiger partial charge in [-0.3, -0.25) is 13.9 Å². The maximum absolute atomic E-state index is 13.7. The summed E-state index contributed by atoms with van der Waals surface area (Å²) in [7, 11) is -1.13. The second-order valence-corrected chi connectivity index (χ2v) is 10.3. The van der Waals surface area contributed by atoms with E-state index < -0.39 is 28.5 Å². The summed E-state index contributed by atoms with van der Waals surface area (Å²) in [6, 6.07) is 20.3. The van der Waals surface area contributed by atoms with Gasteiger partial charge in [0.2, 0.25) is 11.8 Å². The lowest BCUT2D eigenvalue weighted by Crippen LogP contribution is -2.50. The third-order valence-electron chi connectivity index (χ3n) is 5.63. The molecule has 0 unspecified atom stereocenters. The molecule has 3 rings (SSSR count). The average Bonchev–Trinajstić information content (AvgIpc) is 2.90. The van der Waals surface area contributed by atoms with Gasteiger partial charge in [0.05, 0.1) is 17.7 Å². The number of amides is 2. The van der Waals surface area contributed by atoms with E-state index in [4.69, 9.17) is 16.3 Å². The highest BCUT2D eigenvalue weighted by Gasteiger charge is 2.32. The summed E-state index contributed by atoms with van der Waals surface area (Å²) in [6.07, 6.45) is 0. The van der Waals surface area contributed by atoms with Crippen molar-refractivity contribution in [3.05, 3.63) is 89.4 Å². The van der Waals surface area contributed by atoms with Crippen LogP contribution in [0.4, 0.5) is 5.69 Å². The summed E-state index contributed by atoms with van der Waals surface area (Å²) in [6.45, 7) is 1.13. The van der Waals surface area contributed by atoms with Crippen molar-refractivity contribution >= 4 is 39.1 Å². The fourth-order valence-corrected chi connectivity index (χ4v) is 5.27. The zero-order valence-corrected chi connectivity index (χ0v) is 21.8. The molecular formula is C26H28ClN3O5S. The van der Waals surface area contributed by atoms with Gasteiger partial charge in [-0.05, 0) is 61.0 Å². The van der Waals surface area contributed by atoms with E-state index in [0.29, 0.717) is 16.3 Å². The minimum absolute atomic E-state index is 0.0364. The number of benzene rings is 3. The Morgan fingerprint density at radius 2 is 1.67 bits per heavy atom. The molecule has 36 heavy (non-hydrogen) atoms. The van der Waals surface area contributed by atoms with Gasteiger partial charge in [0.25, 0.3) is 10.0 Å². The first-order chi connectivity index (χ1) is 17.2. The van der Waals surface area contributed by atoms with Gasteiger partial charge in [-0.2, -0.15) is 0 Å². The molecular weight excluding hydrogens is 502 g/mol. The Balaban J connectivity index is 2.02. The summed E-state index contributed by atoms with van der Waals surface area (Å²) >= 11 is 6.11. The van der Waals surface area contributed by atoms with Crippen LogP contribution in [0.15, 0.2) is 83.8 Å². The van der Waals surface area contributed by atoms with Crippen LogP contribution in [0.25, 0.3) is 0 Å². The Kier molecular flexibility index (Phi) is 8.95. The Labute approximate surface area is 216 Å². The van der Waals surface area contributed by atoms with Crippen LogP contribution in [0.3, 0.4) is 0 Å². The highest BCUT2D eigenvalue weighted by atomic mass is 35.5. The Morgan fingerprint density at radius 1 is 1.00 bits per heavy atom. The molecule has 0 saturated carbocycles. The molecule has 0 spiro atoms. The summed E-state index contributed by atoms with van der Waals surface area (Å²) in [5, 5.41) is 3.03. The molecule has 2 amide bonds.